The summed E-state index contributed by atoms with van der Waals surface area (Å²) in [6, 6.07) is 1.83. The fourth-order valence-corrected chi connectivity index (χ4v) is 1.81. The standard InChI is InChI=1S/C16H21F2NO6/c1-16(2,3)25-15(23)19(14(21)22)5-4-6-24-10-7-12(17)11(9-20)13(18)8-10/h7-8,20H,4-6,9H2,1-3H3,(H,21,22). The summed E-state index contributed by atoms with van der Waals surface area (Å²) in [4.78, 5) is 23.4. The summed E-state index contributed by atoms with van der Waals surface area (Å²) >= 11 is 0. The maximum absolute atomic E-state index is 13.5. The summed E-state index contributed by atoms with van der Waals surface area (Å²) in [6.45, 7) is 3.75. The van der Waals surface area contributed by atoms with Gasteiger partial charge in [-0.15, -0.1) is 0 Å². The number of aliphatic hydroxyl groups excluding tert-OH is 1. The van der Waals surface area contributed by atoms with Crippen LogP contribution in [0.4, 0.5) is 18.4 Å². The van der Waals surface area contributed by atoms with E-state index < -0.39 is 41.6 Å². The molecule has 0 aliphatic heterocycles. The van der Waals surface area contributed by atoms with Gasteiger partial charge in [0.05, 0.1) is 13.2 Å². The van der Waals surface area contributed by atoms with Gasteiger partial charge >= 0.3 is 12.2 Å². The quantitative estimate of drug-likeness (QED) is 0.756. The van der Waals surface area contributed by atoms with Crippen LogP contribution in [0, 0.1) is 11.6 Å². The Morgan fingerprint density at radius 2 is 1.76 bits per heavy atom. The van der Waals surface area contributed by atoms with Crippen molar-refractivity contribution in [2.75, 3.05) is 13.2 Å². The highest BCUT2D eigenvalue weighted by molar-refractivity contribution is 5.86. The summed E-state index contributed by atoms with van der Waals surface area (Å²) in [5.74, 6) is -2.00. The third-order valence-corrected chi connectivity index (χ3v) is 2.91. The van der Waals surface area contributed by atoms with Crippen LogP contribution in [-0.4, -0.2) is 46.1 Å². The molecule has 0 bridgehead atoms. The molecule has 140 valence electrons. The second kappa shape index (κ2) is 8.61. The number of halogens is 2. The fourth-order valence-electron chi connectivity index (χ4n) is 1.81. The fraction of sp³-hybridized carbons (Fsp3) is 0.500. The van der Waals surface area contributed by atoms with E-state index >= 15 is 0 Å². The molecule has 0 heterocycles. The molecule has 2 amide bonds. The number of amides is 2. The van der Waals surface area contributed by atoms with Crippen LogP contribution in [-0.2, 0) is 11.3 Å². The van der Waals surface area contributed by atoms with Crippen molar-refractivity contribution in [2.24, 2.45) is 0 Å². The SMILES string of the molecule is CC(C)(C)OC(=O)N(CCCOc1cc(F)c(CO)c(F)c1)C(=O)O. The van der Waals surface area contributed by atoms with Crippen LogP contribution in [0.25, 0.3) is 0 Å². The van der Waals surface area contributed by atoms with Crippen LogP contribution in [0.1, 0.15) is 32.8 Å². The Labute approximate surface area is 143 Å². The van der Waals surface area contributed by atoms with Gasteiger partial charge < -0.3 is 19.7 Å². The number of benzene rings is 1. The van der Waals surface area contributed by atoms with E-state index in [1.54, 1.807) is 20.8 Å². The summed E-state index contributed by atoms with van der Waals surface area (Å²) < 4.78 is 37.1. The third-order valence-electron chi connectivity index (χ3n) is 2.91. The average molecular weight is 361 g/mol. The van der Waals surface area contributed by atoms with E-state index in [2.05, 4.69) is 0 Å². The molecule has 0 spiro atoms. The second-order valence-corrected chi connectivity index (χ2v) is 6.14. The van der Waals surface area contributed by atoms with Crippen LogP contribution in [0.5, 0.6) is 5.75 Å². The van der Waals surface area contributed by atoms with Crippen LogP contribution in [0.3, 0.4) is 0 Å². The first-order chi connectivity index (χ1) is 11.5. The molecule has 1 rings (SSSR count). The lowest BCUT2D eigenvalue weighted by atomic mass is 10.2. The Hall–Kier alpha value is -2.42. The molecule has 1 aromatic rings. The van der Waals surface area contributed by atoms with E-state index in [1.165, 1.54) is 0 Å². The van der Waals surface area contributed by atoms with Gasteiger partial charge in [-0.05, 0) is 27.2 Å². The van der Waals surface area contributed by atoms with Crippen molar-refractivity contribution in [2.45, 2.75) is 39.4 Å². The first kappa shape index (κ1) is 20.6. The van der Waals surface area contributed by atoms with Gasteiger partial charge in [0.25, 0.3) is 0 Å². The summed E-state index contributed by atoms with van der Waals surface area (Å²) in [7, 11) is 0. The molecule has 0 aliphatic carbocycles. The van der Waals surface area contributed by atoms with Crippen molar-refractivity contribution in [3.05, 3.63) is 29.3 Å². The van der Waals surface area contributed by atoms with Crippen molar-refractivity contribution < 1.29 is 38.1 Å². The van der Waals surface area contributed by atoms with Gasteiger partial charge in [-0.1, -0.05) is 0 Å². The molecule has 0 unspecified atom stereocenters. The van der Waals surface area contributed by atoms with Crippen molar-refractivity contribution in [1.29, 1.82) is 0 Å². The van der Waals surface area contributed by atoms with E-state index in [4.69, 9.17) is 19.7 Å². The van der Waals surface area contributed by atoms with Crippen LogP contribution < -0.4 is 4.74 Å². The average Bonchev–Trinajstić information content (AvgIpc) is 2.44. The highest BCUT2D eigenvalue weighted by atomic mass is 19.1. The number of carboxylic acid groups (broad SMARTS) is 1. The van der Waals surface area contributed by atoms with Gasteiger partial charge in [-0.3, -0.25) is 0 Å². The molecule has 0 saturated carbocycles. The van der Waals surface area contributed by atoms with Crippen molar-refractivity contribution >= 4 is 12.2 Å². The molecular weight excluding hydrogens is 340 g/mol. The number of ether oxygens (including phenoxy) is 2. The summed E-state index contributed by atoms with van der Waals surface area (Å²) in [5.41, 5.74) is -1.31. The monoisotopic (exact) mass is 361 g/mol. The zero-order valence-corrected chi connectivity index (χ0v) is 14.2. The molecule has 9 heteroatoms. The van der Waals surface area contributed by atoms with Gasteiger partial charge in [0.15, 0.2) is 0 Å². The summed E-state index contributed by atoms with van der Waals surface area (Å²) in [6.07, 6.45) is -2.39. The van der Waals surface area contributed by atoms with Gasteiger partial charge in [0, 0.05) is 24.2 Å². The Kier molecular flexibility index (Phi) is 7.10. The smallest absolute Gasteiger partial charge is 0.419 e. The first-order valence-corrected chi connectivity index (χ1v) is 7.50. The lowest BCUT2D eigenvalue weighted by Crippen LogP contribution is -2.41. The molecule has 7 nitrogen and oxygen atoms in total. The number of hydrogen-bond donors (Lipinski definition) is 2. The zero-order chi connectivity index (χ0) is 19.2. The number of carbonyl (C=O) groups excluding carboxylic acids is 1. The minimum Gasteiger partial charge on any atom is -0.493 e. The minimum absolute atomic E-state index is 0.0794. The van der Waals surface area contributed by atoms with Crippen molar-refractivity contribution in [3.63, 3.8) is 0 Å². The van der Waals surface area contributed by atoms with Crippen LogP contribution in [0.15, 0.2) is 12.1 Å². The van der Waals surface area contributed by atoms with Crippen LogP contribution >= 0.6 is 0 Å². The molecule has 2 N–H and O–H groups in total. The Bertz CT molecular complexity index is 607. The number of imide groups is 1. The minimum atomic E-state index is -1.47. The Balaban J connectivity index is 2.57. The largest absolute Gasteiger partial charge is 0.493 e. The van der Waals surface area contributed by atoms with E-state index in [1.807, 2.05) is 0 Å². The highest BCUT2D eigenvalue weighted by Gasteiger charge is 2.26. The van der Waals surface area contributed by atoms with Gasteiger partial charge in [-0.25, -0.2) is 23.3 Å². The van der Waals surface area contributed by atoms with Crippen molar-refractivity contribution in [1.82, 2.24) is 4.90 Å². The normalized spacial score (nSPS) is 11.1. The Morgan fingerprint density at radius 3 is 2.20 bits per heavy atom. The second-order valence-electron chi connectivity index (χ2n) is 6.14. The number of aliphatic hydroxyl groups is 1. The molecule has 0 fully saturated rings. The van der Waals surface area contributed by atoms with E-state index in [-0.39, 0.29) is 25.3 Å². The molecule has 0 aliphatic rings. The number of carbonyl (C=O) groups is 2. The molecule has 0 atom stereocenters. The maximum atomic E-state index is 13.5. The van der Waals surface area contributed by atoms with Crippen LogP contribution in [0.2, 0.25) is 0 Å². The topological polar surface area (TPSA) is 96.3 Å². The first-order valence-electron chi connectivity index (χ1n) is 7.50. The molecule has 0 radical (unpaired) electrons. The predicted molar refractivity (Wildman–Crippen MR) is 83.4 cm³/mol. The molecule has 0 saturated heterocycles. The number of hydrogen-bond acceptors (Lipinski definition) is 5. The van der Waals surface area contributed by atoms with Crippen molar-refractivity contribution in [3.8, 4) is 5.75 Å². The highest BCUT2D eigenvalue weighted by Crippen LogP contribution is 2.21. The molecule has 1 aromatic carbocycles. The van der Waals surface area contributed by atoms with Gasteiger partial charge in [-0.2, -0.15) is 0 Å². The Morgan fingerprint density at radius 1 is 1.20 bits per heavy atom. The van der Waals surface area contributed by atoms with Gasteiger partial charge in [0.1, 0.15) is 23.0 Å². The summed E-state index contributed by atoms with van der Waals surface area (Å²) in [5, 5.41) is 17.9. The molecule has 25 heavy (non-hydrogen) atoms. The molecule has 0 aromatic heterocycles. The van der Waals surface area contributed by atoms with E-state index in [9.17, 15) is 18.4 Å². The number of rotatable bonds is 6. The van der Waals surface area contributed by atoms with E-state index in [0.717, 1.165) is 12.1 Å². The lowest BCUT2D eigenvalue weighted by molar-refractivity contribution is 0.0263. The lowest BCUT2D eigenvalue weighted by Gasteiger charge is -2.24. The number of nitrogens with zero attached hydrogens (tertiary/aromatic N) is 1. The molecular formula is C16H21F2NO6. The third kappa shape index (κ3) is 6.54. The zero-order valence-electron chi connectivity index (χ0n) is 14.2. The maximum Gasteiger partial charge on any atom is 0.419 e. The van der Waals surface area contributed by atoms with E-state index in [0.29, 0.717) is 4.90 Å². The predicted octanol–water partition coefficient (Wildman–Crippen LogP) is 3.14. The van der Waals surface area contributed by atoms with Gasteiger partial charge in [0.2, 0.25) is 0 Å².